The quantitative estimate of drug-likeness (QED) is 0.456. The van der Waals surface area contributed by atoms with Crippen LogP contribution in [-0.4, -0.2) is 33.1 Å². The van der Waals surface area contributed by atoms with Crippen molar-refractivity contribution in [2.75, 3.05) is 14.1 Å². The summed E-state index contributed by atoms with van der Waals surface area (Å²) in [6.07, 6.45) is 0. The molecule has 9 heavy (non-hydrogen) atoms. The molecule has 0 aromatic heterocycles. The predicted octanol–water partition coefficient (Wildman–Crippen LogP) is 0.649. The average Bonchev–Trinajstić information content (AvgIpc) is 1.98. The fourth-order valence-electron chi connectivity index (χ4n) is 0.860. The minimum atomic E-state index is 0.809. The van der Waals surface area contributed by atoms with Crippen LogP contribution >= 0.6 is 0 Å². The van der Waals surface area contributed by atoms with E-state index in [1.807, 2.05) is 0 Å². The van der Waals surface area contributed by atoms with E-state index in [2.05, 4.69) is 37.1 Å². The minimum Gasteiger partial charge on any atom is -0.385 e. The second kappa shape index (κ2) is 2.06. The number of hydrogen-bond donors (Lipinski definition) is 0. The summed E-state index contributed by atoms with van der Waals surface area (Å²) in [5, 5.41) is 0. The van der Waals surface area contributed by atoms with Gasteiger partial charge in [0.25, 0.3) is 0 Å². The largest absolute Gasteiger partial charge is 0.385 e. The first kappa shape index (κ1) is 6.67. The SMILES string of the molecule is CC1=C(C)N(C)[Si]N1C. The van der Waals surface area contributed by atoms with E-state index in [4.69, 9.17) is 0 Å². The van der Waals surface area contributed by atoms with Crippen LogP contribution in [0.3, 0.4) is 0 Å². The van der Waals surface area contributed by atoms with E-state index in [-0.39, 0.29) is 0 Å². The van der Waals surface area contributed by atoms with Crippen molar-refractivity contribution in [1.82, 2.24) is 9.13 Å². The van der Waals surface area contributed by atoms with E-state index >= 15 is 0 Å². The molecule has 3 heteroatoms. The van der Waals surface area contributed by atoms with Crippen molar-refractivity contribution >= 4 is 9.84 Å². The normalized spacial score (nSPS) is 20.0. The Kier molecular flexibility index (Phi) is 1.53. The van der Waals surface area contributed by atoms with E-state index in [1.54, 1.807) is 0 Å². The van der Waals surface area contributed by atoms with E-state index in [0.717, 1.165) is 9.84 Å². The predicted molar refractivity (Wildman–Crippen MR) is 39.7 cm³/mol. The van der Waals surface area contributed by atoms with Gasteiger partial charge >= 0.3 is 9.84 Å². The van der Waals surface area contributed by atoms with Crippen molar-refractivity contribution < 1.29 is 0 Å². The highest BCUT2D eigenvalue weighted by atomic mass is 28.2. The lowest BCUT2D eigenvalue weighted by atomic mass is 10.4. The summed E-state index contributed by atoms with van der Waals surface area (Å²) in [5.41, 5.74) is 2.80. The van der Waals surface area contributed by atoms with Crippen LogP contribution in [0, 0.1) is 0 Å². The van der Waals surface area contributed by atoms with Crippen LogP contribution in [-0.2, 0) is 0 Å². The summed E-state index contributed by atoms with van der Waals surface area (Å²) in [6.45, 7) is 4.32. The van der Waals surface area contributed by atoms with Gasteiger partial charge in [-0.2, -0.15) is 0 Å². The number of hydrogen-bond acceptors (Lipinski definition) is 2. The topological polar surface area (TPSA) is 6.48 Å². The average molecular weight is 140 g/mol. The molecule has 1 heterocycles. The molecule has 2 nitrogen and oxygen atoms in total. The highest BCUT2D eigenvalue weighted by molar-refractivity contribution is 6.31. The van der Waals surface area contributed by atoms with Gasteiger partial charge in [-0.05, 0) is 27.9 Å². The van der Waals surface area contributed by atoms with Crippen LogP contribution in [0.1, 0.15) is 13.8 Å². The van der Waals surface area contributed by atoms with Crippen molar-refractivity contribution in [1.29, 1.82) is 0 Å². The molecule has 0 aromatic carbocycles. The van der Waals surface area contributed by atoms with Gasteiger partial charge in [-0.15, -0.1) is 0 Å². The zero-order chi connectivity index (χ0) is 7.02. The van der Waals surface area contributed by atoms with Gasteiger partial charge in [0.1, 0.15) is 0 Å². The molecule has 0 unspecified atom stereocenters. The summed E-state index contributed by atoms with van der Waals surface area (Å²) < 4.78 is 4.55. The molecule has 0 aromatic rings. The van der Waals surface area contributed by atoms with E-state index in [1.165, 1.54) is 11.4 Å². The molecule has 0 N–H and O–H groups in total. The monoisotopic (exact) mass is 140 g/mol. The maximum absolute atomic E-state index is 2.27. The summed E-state index contributed by atoms with van der Waals surface area (Å²) in [5.74, 6) is 0. The number of nitrogens with zero attached hydrogens (tertiary/aromatic N) is 2. The van der Waals surface area contributed by atoms with Gasteiger partial charge in [0.15, 0.2) is 0 Å². The Balaban J connectivity index is 2.79. The second-order valence-corrected chi connectivity index (χ2v) is 3.93. The first-order chi connectivity index (χ1) is 4.13. The molecule has 1 rings (SSSR count). The lowest BCUT2D eigenvalue weighted by Crippen LogP contribution is -2.25. The molecule has 50 valence electrons. The summed E-state index contributed by atoms with van der Waals surface area (Å²) in [7, 11) is 5.06. The third kappa shape index (κ3) is 0.964. The van der Waals surface area contributed by atoms with Crippen molar-refractivity contribution in [3.63, 3.8) is 0 Å². The van der Waals surface area contributed by atoms with Gasteiger partial charge in [0, 0.05) is 11.4 Å². The first-order valence-electron chi connectivity index (χ1n) is 3.04. The fourth-order valence-corrected chi connectivity index (χ4v) is 1.93. The second-order valence-electron chi connectivity index (χ2n) is 2.39. The van der Waals surface area contributed by atoms with Crippen LogP contribution in [0.4, 0.5) is 0 Å². The summed E-state index contributed by atoms with van der Waals surface area (Å²) in [4.78, 5) is 0. The molecule has 1 aliphatic rings. The number of rotatable bonds is 0. The Morgan fingerprint density at radius 2 is 1.33 bits per heavy atom. The Bertz CT molecular complexity index is 137. The molecule has 1 aliphatic heterocycles. The van der Waals surface area contributed by atoms with Gasteiger partial charge in [-0.3, -0.25) is 0 Å². The maximum atomic E-state index is 2.27. The molecule has 0 amide bonds. The Morgan fingerprint density at radius 3 is 1.44 bits per heavy atom. The molecule has 0 saturated carbocycles. The summed E-state index contributed by atoms with van der Waals surface area (Å²) >= 11 is 0. The zero-order valence-corrected chi connectivity index (χ0v) is 7.39. The lowest BCUT2D eigenvalue weighted by molar-refractivity contribution is 0.645. The molecule has 0 spiro atoms. The third-order valence-corrected chi connectivity index (χ3v) is 3.10. The van der Waals surface area contributed by atoms with E-state index in [0.29, 0.717) is 0 Å². The molecule has 0 saturated heterocycles. The molecule has 0 fully saturated rings. The fraction of sp³-hybridized carbons (Fsp3) is 0.667. The van der Waals surface area contributed by atoms with Crippen LogP contribution in [0.2, 0.25) is 0 Å². The van der Waals surface area contributed by atoms with Crippen LogP contribution in [0.15, 0.2) is 11.4 Å². The zero-order valence-electron chi connectivity index (χ0n) is 6.39. The molecular formula is C6H12N2Si. The Labute approximate surface area is 59.1 Å². The Morgan fingerprint density at radius 1 is 1.00 bits per heavy atom. The van der Waals surface area contributed by atoms with E-state index in [9.17, 15) is 0 Å². The molecule has 0 atom stereocenters. The van der Waals surface area contributed by atoms with Gasteiger partial charge in [0.05, 0.1) is 0 Å². The third-order valence-electron chi connectivity index (χ3n) is 1.83. The van der Waals surface area contributed by atoms with Crippen molar-refractivity contribution in [2.45, 2.75) is 13.8 Å². The first-order valence-corrected chi connectivity index (χ1v) is 3.93. The molecule has 0 aliphatic carbocycles. The summed E-state index contributed by atoms with van der Waals surface area (Å²) in [6, 6.07) is 0. The Hall–Kier alpha value is -0.443. The van der Waals surface area contributed by atoms with Crippen LogP contribution in [0.5, 0.6) is 0 Å². The standard InChI is InChI=1S/C6H12N2Si/c1-5-6(2)8(4)9-7(5)3/h1-4H3. The van der Waals surface area contributed by atoms with Crippen LogP contribution < -0.4 is 0 Å². The van der Waals surface area contributed by atoms with Crippen molar-refractivity contribution in [3.05, 3.63) is 11.4 Å². The minimum absolute atomic E-state index is 0.809. The lowest BCUT2D eigenvalue weighted by Gasteiger charge is -2.10. The van der Waals surface area contributed by atoms with Gasteiger partial charge in [-0.1, -0.05) is 0 Å². The molecule has 0 bridgehead atoms. The molecular weight excluding hydrogens is 128 g/mol. The van der Waals surface area contributed by atoms with Gasteiger partial charge < -0.3 is 9.13 Å². The van der Waals surface area contributed by atoms with Crippen molar-refractivity contribution in [3.8, 4) is 0 Å². The maximum Gasteiger partial charge on any atom is 0.331 e. The van der Waals surface area contributed by atoms with Gasteiger partial charge in [-0.25, -0.2) is 0 Å². The highest BCUT2D eigenvalue weighted by Gasteiger charge is 2.18. The van der Waals surface area contributed by atoms with Crippen LogP contribution in [0.25, 0.3) is 0 Å². The smallest absolute Gasteiger partial charge is 0.331 e. The highest BCUT2D eigenvalue weighted by Crippen LogP contribution is 2.16. The molecule has 2 radical (unpaired) electrons. The van der Waals surface area contributed by atoms with Crippen molar-refractivity contribution in [2.24, 2.45) is 0 Å². The van der Waals surface area contributed by atoms with Gasteiger partial charge in [0.2, 0.25) is 0 Å². The van der Waals surface area contributed by atoms with E-state index < -0.39 is 0 Å². The number of allylic oxidation sites excluding steroid dienone is 2.